The maximum Gasteiger partial charge on any atom is 0.390 e. The number of imidazole rings is 1. The lowest BCUT2D eigenvalue weighted by Crippen LogP contribution is -2.39. The van der Waals surface area contributed by atoms with Gasteiger partial charge in [0.1, 0.15) is 18.3 Å². The Morgan fingerprint density at radius 1 is 1.47 bits per heavy atom. The van der Waals surface area contributed by atoms with E-state index in [4.69, 9.17) is 19.5 Å². The van der Waals surface area contributed by atoms with Crippen molar-refractivity contribution in [3.63, 3.8) is 0 Å². The lowest BCUT2D eigenvalue weighted by atomic mass is 10.1. The third-order valence-electron chi connectivity index (χ3n) is 4.47. The van der Waals surface area contributed by atoms with E-state index >= 15 is 0 Å². The van der Waals surface area contributed by atoms with Gasteiger partial charge in [-0.1, -0.05) is 15.9 Å². The number of carbonyl (C=O) groups is 2. The van der Waals surface area contributed by atoms with Crippen LogP contribution in [0.1, 0.15) is 6.23 Å². The zero-order valence-corrected chi connectivity index (χ0v) is 18.3. The molecule has 0 radical (unpaired) electrons. The highest BCUT2D eigenvalue weighted by Crippen LogP contribution is 2.65. The van der Waals surface area contributed by atoms with E-state index in [1.165, 1.54) is 10.9 Å². The van der Waals surface area contributed by atoms with Crippen LogP contribution in [0.4, 0.5) is 5.95 Å². The Kier molecular flexibility index (Phi) is 5.87. The summed E-state index contributed by atoms with van der Waals surface area (Å²) in [7, 11) is 0. The fourth-order valence-electron chi connectivity index (χ4n) is 3.05. The molecule has 0 spiro atoms. The molecule has 0 amide bonds. The van der Waals surface area contributed by atoms with Crippen molar-refractivity contribution in [2.75, 3.05) is 23.4 Å². The van der Waals surface area contributed by atoms with Gasteiger partial charge in [-0.25, -0.2) is 9.55 Å². The van der Waals surface area contributed by atoms with Crippen LogP contribution in [0.15, 0.2) is 11.1 Å². The molecule has 13 nitrogen and oxygen atoms in total. The quantitative estimate of drug-likeness (QED) is 0.256. The highest BCUT2D eigenvalue weighted by atomic mass is 79.9. The van der Waals surface area contributed by atoms with Crippen molar-refractivity contribution >= 4 is 62.8 Å². The summed E-state index contributed by atoms with van der Waals surface area (Å²) in [5.41, 5.74) is 5.12. The van der Waals surface area contributed by atoms with Gasteiger partial charge < -0.3 is 15.6 Å². The number of halogens is 1. The molecule has 0 aliphatic carbocycles. The van der Waals surface area contributed by atoms with E-state index < -0.39 is 54.2 Å². The van der Waals surface area contributed by atoms with Crippen molar-refractivity contribution in [1.82, 2.24) is 19.5 Å². The predicted octanol–water partition coefficient (Wildman–Crippen LogP) is -0.250. The number of H-pyrrole nitrogens is 1. The van der Waals surface area contributed by atoms with Gasteiger partial charge in [-0.3, -0.25) is 33.0 Å². The molecule has 0 bridgehead atoms. The average molecular weight is 524 g/mol. The average Bonchev–Trinajstić information content (AvgIpc) is 3.26. The SMILES string of the molecule is Nc1nc2c(ncn2[C@@H]2O[C@@H]3COP(=O)(SCC(=O)C(=O)CBr)O[C@H]3[C@H]2O)c(=O)[nH]1. The molecular formula is C14H15BrN5O8PS. The van der Waals surface area contributed by atoms with Gasteiger partial charge in [0.2, 0.25) is 17.5 Å². The Balaban J connectivity index is 1.53. The Bertz CT molecular complexity index is 1120. The van der Waals surface area contributed by atoms with Gasteiger partial charge in [-0.15, -0.1) is 0 Å². The van der Waals surface area contributed by atoms with Crippen molar-refractivity contribution in [2.24, 2.45) is 0 Å². The number of nitrogen functional groups attached to an aromatic ring is 1. The second-order valence-corrected chi connectivity index (χ2v) is 11.0. The number of rotatable bonds is 6. The number of hydrogen-bond donors (Lipinski definition) is 3. The highest BCUT2D eigenvalue weighted by Gasteiger charge is 2.53. The zero-order chi connectivity index (χ0) is 21.6. The van der Waals surface area contributed by atoms with Gasteiger partial charge in [-0.05, 0) is 11.4 Å². The number of nitrogens with one attached hydrogen (secondary N) is 1. The molecule has 1 unspecified atom stereocenters. The number of nitrogens with zero attached hydrogens (tertiary/aromatic N) is 3. The van der Waals surface area contributed by atoms with Gasteiger partial charge in [0.25, 0.3) is 5.56 Å². The van der Waals surface area contributed by atoms with Crippen LogP contribution < -0.4 is 11.3 Å². The van der Waals surface area contributed by atoms with Crippen LogP contribution in [0.25, 0.3) is 11.2 Å². The molecule has 162 valence electrons. The van der Waals surface area contributed by atoms with Crippen LogP contribution in [-0.2, 0) is 27.9 Å². The molecule has 2 aliphatic rings. The maximum atomic E-state index is 12.8. The maximum absolute atomic E-state index is 12.8. The third kappa shape index (κ3) is 3.86. The van der Waals surface area contributed by atoms with E-state index in [1.54, 1.807) is 0 Å². The summed E-state index contributed by atoms with van der Waals surface area (Å²) >= 11 is 3.46. The number of fused-ring (bicyclic) bond motifs is 2. The lowest BCUT2D eigenvalue weighted by molar-refractivity contribution is -0.133. The molecule has 2 aromatic rings. The standard InChI is InChI=1S/C14H15BrN5O8PS/c15-1-5(21)6(22)3-30-29(25)26-2-7-10(28-29)9(23)13(27-7)20-4-17-8-11(20)18-14(16)19-12(8)24/h4,7,9-10,13,23H,1-3H2,(H3,16,18,19,24)/t7-,9-,10-,13-,29?/m1/s1. The lowest BCUT2D eigenvalue weighted by Gasteiger charge is -2.30. The number of aliphatic hydroxyl groups is 1. The van der Waals surface area contributed by atoms with E-state index in [1.807, 2.05) is 0 Å². The Morgan fingerprint density at radius 2 is 2.23 bits per heavy atom. The third-order valence-corrected chi connectivity index (χ3v) is 8.56. The van der Waals surface area contributed by atoms with Crippen molar-refractivity contribution in [3.05, 3.63) is 16.7 Å². The largest absolute Gasteiger partial charge is 0.390 e. The van der Waals surface area contributed by atoms with E-state index in [-0.39, 0.29) is 29.0 Å². The van der Waals surface area contributed by atoms with Crippen LogP contribution in [0.3, 0.4) is 0 Å². The number of Topliss-reactive ketones (excluding diaryl/α,β-unsaturated/α-hetero) is 2. The first kappa shape index (κ1) is 21.6. The summed E-state index contributed by atoms with van der Waals surface area (Å²) in [6.07, 6.45) is -2.93. The topological polar surface area (TPSA) is 189 Å². The summed E-state index contributed by atoms with van der Waals surface area (Å²) in [4.78, 5) is 45.3. The first-order chi connectivity index (χ1) is 14.2. The number of anilines is 1. The van der Waals surface area contributed by atoms with Crippen LogP contribution in [0.2, 0.25) is 0 Å². The number of carbonyl (C=O) groups excluding carboxylic acids is 2. The van der Waals surface area contributed by atoms with Gasteiger partial charge >= 0.3 is 6.80 Å². The fraction of sp³-hybridized carbons (Fsp3) is 0.500. The van der Waals surface area contributed by atoms with Gasteiger partial charge in [0.15, 0.2) is 17.4 Å². The van der Waals surface area contributed by atoms with Crippen molar-refractivity contribution < 1.29 is 33.0 Å². The summed E-state index contributed by atoms with van der Waals surface area (Å²) in [6, 6.07) is 0. The summed E-state index contributed by atoms with van der Waals surface area (Å²) in [6.45, 7) is -3.99. The molecule has 16 heteroatoms. The van der Waals surface area contributed by atoms with Crippen molar-refractivity contribution in [3.8, 4) is 0 Å². The van der Waals surface area contributed by atoms with E-state index in [9.17, 15) is 24.1 Å². The van der Waals surface area contributed by atoms with Crippen LogP contribution in [-0.4, -0.2) is 72.2 Å². The molecule has 2 saturated heterocycles. The number of nitrogens with two attached hydrogens (primary N) is 1. The minimum atomic E-state index is -3.82. The molecule has 4 N–H and O–H groups in total. The second kappa shape index (κ2) is 8.15. The fourth-order valence-corrected chi connectivity index (χ4v) is 6.59. The monoisotopic (exact) mass is 523 g/mol. The first-order valence-corrected chi connectivity index (χ1v) is 12.7. The van der Waals surface area contributed by atoms with E-state index in [0.29, 0.717) is 11.4 Å². The minimum Gasteiger partial charge on any atom is -0.386 e. The number of hydrogen-bond acceptors (Lipinski definition) is 12. The van der Waals surface area contributed by atoms with Crippen molar-refractivity contribution in [2.45, 2.75) is 24.5 Å². The van der Waals surface area contributed by atoms with E-state index in [0.717, 1.165) is 0 Å². The van der Waals surface area contributed by atoms with Gasteiger partial charge in [0.05, 0.1) is 24.0 Å². The Morgan fingerprint density at radius 3 is 2.97 bits per heavy atom. The highest BCUT2D eigenvalue weighted by molar-refractivity contribution is 9.09. The summed E-state index contributed by atoms with van der Waals surface area (Å²) in [5.74, 6) is -1.93. The second-order valence-electron chi connectivity index (χ2n) is 6.40. The van der Waals surface area contributed by atoms with Gasteiger partial charge in [0, 0.05) is 0 Å². The smallest absolute Gasteiger partial charge is 0.386 e. The molecule has 4 rings (SSSR count). The number of aromatic nitrogens is 4. The number of alkyl halides is 1. The molecular weight excluding hydrogens is 509 g/mol. The van der Waals surface area contributed by atoms with E-state index in [2.05, 4.69) is 30.9 Å². The number of aromatic amines is 1. The number of aliphatic hydroxyl groups excluding tert-OH is 1. The number of ketones is 2. The van der Waals surface area contributed by atoms with Crippen LogP contribution in [0, 0.1) is 0 Å². The van der Waals surface area contributed by atoms with Crippen LogP contribution in [0.5, 0.6) is 0 Å². The Hall–Kier alpha value is -1.61. The normalized spacial score (nSPS) is 31.0. The molecule has 2 aliphatic heterocycles. The number of ether oxygens (including phenoxy) is 1. The Labute approximate surface area is 180 Å². The van der Waals surface area contributed by atoms with Crippen molar-refractivity contribution in [1.29, 1.82) is 0 Å². The summed E-state index contributed by atoms with van der Waals surface area (Å²) in [5, 5.41) is 10.6. The molecule has 2 aromatic heterocycles. The van der Waals surface area contributed by atoms with Crippen LogP contribution >= 0.6 is 34.1 Å². The molecule has 0 aromatic carbocycles. The molecule has 0 saturated carbocycles. The predicted molar refractivity (Wildman–Crippen MR) is 107 cm³/mol. The zero-order valence-electron chi connectivity index (χ0n) is 15.0. The molecule has 4 heterocycles. The molecule has 30 heavy (non-hydrogen) atoms. The first-order valence-electron chi connectivity index (χ1n) is 8.48. The molecule has 5 atom stereocenters. The summed E-state index contributed by atoms with van der Waals surface area (Å²) < 4.78 is 30.6. The minimum absolute atomic E-state index is 0.00300. The van der Waals surface area contributed by atoms with Gasteiger partial charge in [-0.2, -0.15) is 4.98 Å². The molecule has 2 fully saturated rings.